The normalized spacial score (nSPS) is 16.0. The van der Waals surface area contributed by atoms with E-state index < -0.39 is 0 Å². The molecule has 4 rings (SSSR count). The van der Waals surface area contributed by atoms with Crippen molar-refractivity contribution >= 4 is 0 Å². The lowest BCUT2D eigenvalue weighted by molar-refractivity contribution is 0.177. The molecule has 6 heteroatoms. The Hall–Kier alpha value is -2.73. The zero-order valence-corrected chi connectivity index (χ0v) is 16.0. The third-order valence-corrected chi connectivity index (χ3v) is 5.56. The molecular weight excluding hydrogens is 352 g/mol. The molecule has 6 nitrogen and oxygen atoms in total. The summed E-state index contributed by atoms with van der Waals surface area (Å²) in [5.74, 6) is 2.02. The number of benzene rings is 1. The van der Waals surface area contributed by atoms with Gasteiger partial charge in [-0.1, -0.05) is 42.6 Å². The number of pyridine rings is 1. The highest BCUT2D eigenvalue weighted by Gasteiger charge is 2.33. The summed E-state index contributed by atoms with van der Waals surface area (Å²) in [6.45, 7) is 1.14. The Morgan fingerprint density at radius 1 is 1.11 bits per heavy atom. The molecule has 0 saturated heterocycles. The summed E-state index contributed by atoms with van der Waals surface area (Å²) >= 11 is 0. The lowest BCUT2D eigenvalue weighted by Gasteiger charge is -2.34. The molecule has 1 aliphatic carbocycles. The highest BCUT2D eigenvalue weighted by molar-refractivity contribution is 5.56. The molecule has 0 radical (unpaired) electrons. The van der Waals surface area contributed by atoms with Gasteiger partial charge in [0, 0.05) is 29.9 Å². The van der Waals surface area contributed by atoms with Crippen LogP contribution in [-0.4, -0.2) is 21.7 Å². The minimum atomic E-state index is 0.108. The molecule has 28 heavy (non-hydrogen) atoms. The molecule has 2 N–H and O–H groups in total. The second kappa shape index (κ2) is 8.52. The predicted molar refractivity (Wildman–Crippen MR) is 107 cm³/mol. The standard InChI is InChI=1S/C22H26N4O2/c23-16-22(9-2-1-3-10-22)13-20-25-21(26-28-20)18-7-4-8-19(12-18)27-15-17-6-5-11-24-14-17/h4-8,11-12,14H,1-3,9-10,13,15-16,23H2. The molecule has 1 aliphatic rings. The highest BCUT2D eigenvalue weighted by atomic mass is 16.5. The molecule has 0 aliphatic heterocycles. The van der Waals surface area contributed by atoms with Gasteiger partial charge in [0.05, 0.1) is 0 Å². The van der Waals surface area contributed by atoms with E-state index in [4.69, 9.17) is 15.0 Å². The average molecular weight is 378 g/mol. The molecule has 3 aromatic rings. The fraction of sp³-hybridized carbons (Fsp3) is 0.409. The van der Waals surface area contributed by atoms with Crippen LogP contribution >= 0.6 is 0 Å². The van der Waals surface area contributed by atoms with Crippen LogP contribution in [0.15, 0.2) is 53.3 Å². The van der Waals surface area contributed by atoms with Crippen molar-refractivity contribution in [2.75, 3.05) is 6.54 Å². The fourth-order valence-corrected chi connectivity index (χ4v) is 3.89. The third-order valence-electron chi connectivity index (χ3n) is 5.56. The van der Waals surface area contributed by atoms with E-state index in [1.54, 1.807) is 12.4 Å². The van der Waals surface area contributed by atoms with E-state index in [2.05, 4.69) is 15.1 Å². The van der Waals surface area contributed by atoms with Crippen molar-refractivity contribution in [3.05, 3.63) is 60.2 Å². The lowest BCUT2D eigenvalue weighted by Crippen LogP contribution is -2.35. The number of hydrogen-bond donors (Lipinski definition) is 1. The smallest absolute Gasteiger partial charge is 0.227 e. The second-order valence-corrected chi connectivity index (χ2v) is 7.63. The Morgan fingerprint density at radius 3 is 2.79 bits per heavy atom. The number of nitrogens with two attached hydrogens (primary N) is 1. The van der Waals surface area contributed by atoms with Crippen LogP contribution in [-0.2, 0) is 13.0 Å². The van der Waals surface area contributed by atoms with Crippen molar-refractivity contribution in [1.29, 1.82) is 0 Å². The quantitative estimate of drug-likeness (QED) is 0.664. The SMILES string of the molecule is NCC1(Cc2nc(-c3cccc(OCc4cccnc4)c3)no2)CCCCC1. The molecule has 146 valence electrons. The van der Waals surface area contributed by atoms with Gasteiger partial charge in [-0.05, 0) is 43.0 Å². The third kappa shape index (κ3) is 4.39. The largest absolute Gasteiger partial charge is 0.489 e. The van der Waals surface area contributed by atoms with Crippen molar-refractivity contribution in [2.24, 2.45) is 11.1 Å². The summed E-state index contributed by atoms with van der Waals surface area (Å²) in [6, 6.07) is 11.6. The zero-order chi connectivity index (χ0) is 19.2. The van der Waals surface area contributed by atoms with Gasteiger partial charge in [-0.3, -0.25) is 4.98 Å². The maximum atomic E-state index is 6.09. The monoisotopic (exact) mass is 378 g/mol. The van der Waals surface area contributed by atoms with Gasteiger partial charge in [-0.25, -0.2) is 0 Å². The Balaban J connectivity index is 1.44. The molecule has 1 aromatic carbocycles. The first-order chi connectivity index (χ1) is 13.8. The second-order valence-electron chi connectivity index (χ2n) is 7.63. The van der Waals surface area contributed by atoms with E-state index in [1.165, 1.54) is 19.3 Å². The van der Waals surface area contributed by atoms with Gasteiger partial charge in [0.2, 0.25) is 11.7 Å². The van der Waals surface area contributed by atoms with Gasteiger partial charge < -0.3 is 15.0 Å². The Kier molecular flexibility index (Phi) is 5.67. The number of aromatic nitrogens is 3. The van der Waals surface area contributed by atoms with Crippen molar-refractivity contribution in [2.45, 2.75) is 45.1 Å². The topological polar surface area (TPSA) is 87.1 Å². The van der Waals surface area contributed by atoms with Gasteiger partial charge in [0.25, 0.3) is 0 Å². The lowest BCUT2D eigenvalue weighted by atomic mass is 9.72. The van der Waals surface area contributed by atoms with Crippen LogP contribution in [0.5, 0.6) is 5.75 Å². The molecule has 0 spiro atoms. The van der Waals surface area contributed by atoms with E-state index in [1.807, 2.05) is 36.4 Å². The Morgan fingerprint density at radius 2 is 2.00 bits per heavy atom. The van der Waals surface area contributed by atoms with E-state index in [0.717, 1.165) is 36.1 Å². The Bertz CT molecular complexity index is 888. The first kappa shape index (κ1) is 18.6. The molecule has 0 unspecified atom stereocenters. The minimum Gasteiger partial charge on any atom is -0.489 e. The van der Waals surface area contributed by atoms with Crippen LogP contribution < -0.4 is 10.5 Å². The fourth-order valence-electron chi connectivity index (χ4n) is 3.89. The molecule has 0 atom stereocenters. The summed E-state index contributed by atoms with van der Waals surface area (Å²) in [4.78, 5) is 8.73. The van der Waals surface area contributed by atoms with Crippen LogP contribution in [0.1, 0.15) is 43.6 Å². The van der Waals surface area contributed by atoms with Gasteiger partial charge in [0.1, 0.15) is 12.4 Å². The number of nitrogens with zero attached hydrogens (tertiary/aromatic N) is 3. The van der Waals surface area contributed by atoms with Crippen LogP contribution in [0.3, 0.4) is 0 Å². The van der Waals surface area contributed by atoms with Crippen molar-refractivity contribution in [3.63, 3.8) is 0 Å². The van der Waals surface area contributed by atoms with Gasteiger partial charge in [-0.15, -0.1) is 0 Å². The van der Waals surface area contributed by atoms with E-state index in [9.17, 15) is 0 Å². The van der Waals surface area contributed by atoms with E-state index in [-0.39, 0.29) is 5.41 Å². The van der Waals surface area contributed by atoms with Gasteiger partial charge in [-0.2, -0.15) is 4.98 Å². The van der Waals surface area contributed by atoms with Crippen molar-refractivity contribution in [1.82, 2.24) is 15.1 Å². The Labute approximate surface area is 165 Å². The first-order valence-electron chi connectivity index (χ1n) is 9.91. The van der Waals surface area contributed by atoms with Crippen molar-refractivity contribution in [3.8, 4) is 17.1 Å². The summed E-state index contributed by atoms with van der Waals surface area (Å²) in [5, 5.41) is 4.18. The van der Waals surface area contributed by atoms with Gasteiger partial charge in [0.15, 0.2) is 0 Å². The molecule has 2 heterocycles. The summed E-state index contributed by atoms with van der Waals surface area (Å²) in [7, 11) is 0. The maximum Gasteiger partial charge on any atom is 0.227 e. The summed E-state index contributed by atoms with van der Waals surface area (Å²) < 4.78 is 11.4. The molecule has 1 saturated carbocycles. The van der Waals surface area contributed by atoms with Gasteiger partial charge >= 0.3 is 0 Å². The van der Waals surface area contributed by atoms with Crippen LogP contribution in [0.4, 0.5) is 0 Å². The first-order valence-corrected chi connectivity index (χ1v) is 9.91. The maximum absolute atomic E-state index is 6.09. The van der Waals surface area contributed by atoms with Crippen LogP contribution in [0.2, 0.25) is 0 Å². The molecular formula is C22H26N4O2. The number of hydrogen-bond acceptors (Lipinski definition) is 6. The predicted octanol–water partition coefficient (Wildman–Crippen LogP) is 4.16. The van der Waals surface area contributed by atoms with Crippen LogP contribution in [0.25, 0.3) is 11.4 Å². The van der Waals surface area contributed by atoms with E-state index >= 15 is 0 Å². The van der Waals surface area contributed by atoms with Crippen LogP contribution in [0, 0.1) is 5.41 Å². The minimum absolute atomic E-state index is 0.108. The number of rotatable bonds is 7. The zero-order valence-electron chi connectivity index (χ0n) is 16.0. The van der Waals surface area contributed by atoms with Crippen molar-refractivity contribution < 1.29 is 9.26 Å². The number of ether oxygens (including phenoxy) is 1. The highest BCUT2D eigenvalue weighted by Crippen LogP contribution is 2.38. The molecule has 2 aromatic heterocycles. The summed E-state index contributed by atoms with van der Waals surface area (Å²) in [5.41, 5.74) is 8.10. The summed E-state index contributed by atoms with van der Waals surface area (Å²) in [6.07, 6.45) is 10.3. The molecule has 0 bridgehead atoms. The average Bonchev–Trinajstić information content (AvgIpc) is 3.22. The molecule has 0 amide bonds. The molecule has 1 fully saturated rings. The van der Waals surface area contributed by atoms with E-state index in [0.29, 0.717) is 24.9 Å².